The number of nitrogens with one attached hydrogen (secondary N) is 1. The molecule has 0 aliphatic heterocycles. The number of thiocarbonyl (C=S) groups is 1. The first kappa shape index (κ1) is 13.1. The van der Waals surface area contributed by atoms with Gasteiger partial charge in [0.1, 0.15) is 11.5 Å². The number of aryl methyl sites for hydroxylation is 2. The Labute approximate surface area is 112 Å². The predicted octanol–water partition coefficient (Wildman–Crippen LogP) is 2.23. The molecule has 1 aromatic rings. The Morgan fingerprint density at radius 1 is 1.44 bits per heavy atom. The largest absolute Gasteiger partial charge is 0.466 e. The molecule has 0 spiro atoms. The van der Waals surface area contributed by atoms with Gasteiger partial charge in [-0.05, 0) is 32.8 Å². The zero-order chi connectivity index (χ0) is 13.3. The molecule has 1 saturated carbocycles. The molecule has 1 aliphatic rings. The van der Waals surface area contributed by atoms with Crippen molar-refractivity contribution in [3.8, 4) is 0 Å². The monoisotopic (exact) mass is 266 g/mol. The molecule has 0 unspecified atom stereocenters. The van der Waals surface area contributed by atoms with E-state index in [1.165, 1.54) is 0 Å². The first-order chi connectivity index (χ1) is 8.44. The molecule has 2 rings (SSSR count). The van der Waals surface area contributed by atoms with Crippen molar-refractivity contribution in [2.75, 3.05) is 0 Å². The van der Waals surface area contributed by atoms with Crippen LogP contribution in [0.5, 0.6) is 0 Å². The lowest BCUT2D eigenvalue weighted by atomic mass is 9.97. The van der Waals surface area contributed by atoms with Crippen LogP contribution in [-0.4, -0.2) is 16.4 Å². The molecular formula is C13H18N2O2S. The predicted molar refractivity (Wildman–Crippen MR) is 73.6 cm³/mol. The van der Waals surface area contributed by atoms with E-state index in [9.17, 15) is 4.79 Å². The summed E-state index contributed by atoms with van der Waals surface area (Å²) in [6, 6.07) is 1.74. The van der Waals surface area contributed by atoms with Crippen LogP contribution < -0.4 is 11.1 Å². The normalized spacial score (nSPS) is 17.7. The Kier molecular flexibility index (Phi) is 3.43. The van der Waals surface area contributed by atoms with Crippen LogP contribution in [0.25, 0.3) is 0 Å². The lowest BCUT2D eigenvalue weighted by Gasteiger charge is -2.28. The number of hydrogen-bond donors (Lipinski definition) is 2. The molecule has 1 heterocycles. The van der Waals surface area contributed by atoms with Gasteiger partial charge >= 0.3 is 0 Å². The first-order valence-corrected chi connectivity index (χ1v) is 6.55. The Hall–Kier alpha value is -1.36. The third-order valence-electron chi connectivity index (χ3n) is 3.57. The van der Waals surface area contributed by atoms with E-state index in [4.69, 9.17) is 22.4 Å². The number of carbonyl (C=O) groups is 1. The van der Waals surface area contributed by atoms with Gasteiger partial charge in [0.15, 0.2) is 0 Å². The highest BCUT2D eigenvalue weighted by Gasteiger charge is 2.38. The van der Waals surface area contributed by atoms with Crippen LogP contribution in [-0.2, 0) is 0 Å². The van der Waals surface area contributed by atoms with Gasteiger partial charge in [0.05, 0.1) is 16.1 Å². The second kappa shape index (κ2) is 4.72. The van der Waals surface area contributed by atoms with Gasteiger partial charge in [0.25, 0.3) is 5.91 Å². The van der Waals surface area contributed by atoms with Crippen molar-refractivity contribution >= 4 is 23.1 Å². The third-order valence-corrected chi connectivity index (χ3v) is 3.96. The molecule has 1 aliphatic carbocycles. The topological polar surface area (TPSA) is 68.3 Å². The Morgan fingerprint density at radius 2 is 2.06 bits per heavy atom. The summed E-state index contributed by atoms with van der Waals surface area (Å²) >= 11 is 5.11. The SMILES string of the molecule is Cc1cc(C(=O)NC2(C(N)=S)CCCC2)c(C)o1. The van der Waals surface area contributed by atoms with Gasteiger partial charge < -0.3 is 15.5 Å². The number of amides is 1. The maximum atomic E-state index is 12.3. The van der Waals surface area contributed by atoms with Crippen LogP contribution in [0.15, 0.2) is 10.5 Å². The molecule has 0 bridgehead atoms. The molecule has 18 heavy (non-hydrogen) atoms. The summed E-state index contributed by atoms with van der Waals surface area (Å²) < 4.78 is 5.37. The molecule has 0 atom stereocenters. The number of rotatable bonds is 3. The molecule has 1 aromatic heterocycles. The third kappa shape index (κ3) is 2.27. The Morgan fingerprint density at radius 3 is 2.50 bits per heavy atom. The van der Waals surface area contributed by atoms with Crippen molar-refractivity contribution in [1.82, 2.24) is 5.32 Å². The zero-order valence-corrected chi connectivity index (χ0v) is 11.5. The average Bonchev–Trinajstić information content (AvgIpc) is 2.86. The summed E-state index contributed by atoms with van der Waals surface area (Å²) in [6.07, 6.45) is 3.73. The fraction of sp³-hybridized carbons (Fsp3) is 0.538. The molecule has 1 amide bonds. The van der Waals surface area contributed by atoms with Gasteiger partial charge in [-0.25, -0.2) is 0 Å². The van der Waals surface area contributed by atoms with Gasteiger partial charge in [0, 0.05) is 0 Å². The molecule has 5 heteroatoms. The highest BCUT2D eigenvalue weighted by Crippen LogP contribution is 2.30. The molecule has 4 nitrogen and oxygen atoms in total. The summed E-state index contributed by atoms with van der Waals surface area (Å²) in [6.45, 7) is 3.60. The Bertz CT molecular complexity index is 487. The van der Waals surface area contributed by atoms with Gasteiger partial charge in [-0.15, -0.1) is 0 Å². The standard InChI is InChI=1S/C13H18N2O2S/c1-8-7-10(9(2)17-8)11(16)15-13(12(14)18)5-3-4-6-13/h7H,3-6H2,1-2H3,(H2,14,18)(H,15,16). The van der Waals surface area contributed by atoms with E-state index in [0.717, 1.165) is 31.4 Å². The quantitative estimate of drug-likeness (QED) is 0.823. The van der Waals surface area contributed by atoms with Crippen molar-refractivity contribution < 1.29 is 9.21 Å². The molecule has 0 saturated heterocycles. The molecule has 3 N–H and O–H groups in total. The second-order valence-corrected chi connectivity index (χ2v) is 5.37. The summed E-state index contributed by atoms with van der Waals surface area (Å²) in [4.78, 5) is 12.6. The summed E-state index contributed by atoms with van der Waals surface area (Å²) in [7, 11) is 0. The first-order valence-electron chi connectivity index (χ1n) is 6.14. The minimum atomic E-state index is -0.510. The molecule has 0 radical (unpaired) electrons. The van der Waals surface area contributed by atoms with Gasteiger partial charge in [0.2, 0.25) is 0 Å². The van der Waals surface area contributed by atoms with Crippen molar-refractivity contribution in [1.29, 1.82) is 0 Å². The Balaban J connectivity index is 2.20. The number of hydrogen-bond acceptors (Lipinski definition) is 3. The molecule has 0 aromatic carbocycles. The van der Waals surface area contributed by atoms with Crippen LogP contribution in [0, 0.1) is 13.8 Å². The molecule has 98 valence electrons. The van der Waals surface area contributed by atoms with Gasteiger partial charge in [-0.1, -0.05) is 25.1 Å². The summed E-state index contributed by atoms with van der Waals surface area (Å²) in [5.41, 5.74) is 5.85. The minimum absolute atomic E-state index is 0.154. The lowest BCUT2D eigenvalue weighted by Crippen LogP contribution is -2.54. The average molecular weight is 266 g/mol. The van der Waals surface area contributed by atoms with E-state index in [1.54, 1.807) is 13.0 Å². The van der Waals surface area contributed by atoms with Crippen LogP contribution in [0.4, 0.5) is 0 Å². The van der Waals surface area contributed by atoms with Crippen molar-refractivity contribution in [3.05, 3.63) is 23.2 Å². The smallest absolute Gasteiger partial charge is 0.255 e. The van der Waals surface area contributed by atoms with E-state index >= 15 is 0 Å². The number of nitrogens with two attached hydrogens (primary N) is 1. The highest BCUT2D eigenvalue weighted by molar-refractivity contribution is 7.80. The van der Waals surface area contributed by atoms with E-state index in [1.807, 2.05) is 6.92 Å². The van der Waals surface area contributed by atoms with Crippen LogP contribution in [0.2, 0.25) is 0 Å². The van der Waals surface area contributed by atoms with E-state index in [2.05, 4.69) is 5.32 Å². The minimum Gasteiger partial charge on any atom is -0.466 e. The van der Waals surface area contributed by atoms with E-state index in [0.29, 0.717) is 16.3 Å². The summed E-state index contributed by atoms with van der Waals surface area (Å²) in [5, 5.41) is 3.00. The maximum absolute atomic E-state index is 12.3. The number of carbonyl (C=O) groups excluding carboxylic acids is 1. The number of furan rings is 1. The molecular weight excluding hydrogens is 248 g/mol. The second-order valence-electron chi connectivity index (χ2n) is 4.93. The molecule has 1 fully saturated rings. The van der Waals surface area contributed by atoms with Crippen LogP contribution in [0.3, 0.4) is 0 Å². The van der Waals surface area contributed by atoms with Crippen molar-refractivity contribution in [3.63, 3.8) is 0 Å². The highest BCUT2D eigenvalue weighted by atomic mass is 32.1. The van der Waals surface area contributed by atoms with Crippen molar-refractivity contribution in [2.45, 2.75) is 45.1 Å². The fourth-order valence-corrected chi connectivity index (χ4v) is 2.81. The lowest BCUT2D eigenvalue weighted by molar-refractivity contribution is 0.0923. The summed E-state index contributed by atoms with van der Waals surface area (Å²) in [5.74, 6) is 1.20. The van der Waals surface area contributed by atoms with Gasteiger partial charge in [-0.3, -0.25) is 4.79 Å². The maximum Gasteiger partial charge on any atom is 0.255 e. The zero-order valence-electron chi connectivity index (χ0n) is 10.7. The van der Waals surface area contributed by atoms with Gasteiger partial charge in [-0.2, -0.15) is 0 Å². The van der Waals surface area contributed by atoms with E-state index < -0.39 is 5.54 Å². The van der Waals surface area contributed by atoms with E-state index in [-0.39, 0.29) is 5.91 Å². The van der Waals surface area contributed by atoms with Crippen LogP contribution >= 0.6 is 12.2 Å². The van der Waals surface area contributed by atoms with Crippen molar-refractivity contribution in [2.24, 2.45) is 5.73 Å². The van der Waals surface area contributed by atoms with Crippen LogP contribution in [0.1, 0.15) is 47.6 Å². The fourth-order valence-electron chi connectivity index (χ4n) is 2.55.